The van der Waals surface area contributed by atoms with Crippen molar-refractivity contribution in [2.24, 2.45) is 17.8 Å². The minimum atomic E-state index is -4.16. The first-order chi connectivity index (χ1) is 14.1. The first-order valence-electron chi connectivity index (χ1n) is 10.4. The summed E-state index contributed by atoms with van der Waals surface area (Å²) in [6.45, 7) is 0. The molecule has 2 aromatic rings. The zero-order valence-electron chi connectivity index (χ0n) is 16.9. The highest BCUT2D eigenvalue weighted by atomic mass is 32.2. The highest BCUT2D eigenvalue weighted by Gasteiger charge is 2.42. The number of fused-ring (bicyclic) bond motifs is 1. The Bertz CT molecular complexity index is 977. The van der Waals surface area contributed by atoms with Gasteiger partial charge in [-0.15, -0.1) is 0 Å². The Morgan fingerprint density at radius 1 is 1.10 bits per heavy atom. The van der Waals surface area contributed by atoms with E-state index in [4.69, 9.17) is 0 Å². The van der Waals surface area contributed by atoms with E-state index in [-0.39, 0.29) is 42.2 Å². The summed E-state index contributed by atoms with van der Waals surface area (Å²) < 4.78 is 63.6. The third-order valence-corrected chi connectivity index (χ3v) is 8.67. The van der Waals surface area contributed by atoms with E-state index in [0.29, 0.717) is 12.8 Å². The Balaban J connectivity index is 1.27. The fourth-order valence-corrected chi connectivity index (χ4v) is 7.09. The van der Waals surface area contributed by atoms with Crippen LogP contribution in [0.2, 0.25) is 0 Å². The minimum absolute atomic E-state index is 0.0183. The lowest BCUT2D eigenvalue weighted by Crippen LogP contribution is -2.45. The van der Waals surface area contributed by atoms with Gasteiger partial charge in [0, 0.05) is 19.3 Å². The summed E-state index contributed by atoms with van der Waals surface area (Å²) in [6.07, 6.45) is 1.50. The predicted octanol–water partition coefficient (Wildman–Crippen LogP) is 3.96. The number of hydrogen-bond acceptors (Lipinski definition) is 5. The number of halogens is 3. The molecule has 2 heterocycles. The average molecular weight is 445 g/mol. The maximum atomic E-state index is 12.8. The highest BCUT2D eigenvalue weighted by Crippen LogP contribution is 2.40. The molecule has 0 aliphatic heterocycles. The molecule has 0 aromatic carbocycles. The van der Waals surface area contributed by atoms with Crippen LogP contribution in [0.25, 0.3) is 11.0 Å². The van der Waals surface area contributed by atoms with Crippen molar-refractivity contribution in [2.75, 3.05) is 23.5 Å². The molecule has 4 rings (SSSR count). The Hall–Kier alpha value is -1.84. The molecule has 2 fully saturated rings. The zero-order valence-corrected chi connectivity index (χ0v) is 17.7. The summed E-state index contributed by atoms with van der Waals surface area (Å²) in [5, 5.41) is 0.936. The molecular weight excluding hydrogens is 417 g/mol. The number of rotatable bonds is 6. The van der Waals surface area contributed by atoms with E-state index < -0.39 is 21.9 Å². The number of nitrogens with zero attached hydrogens (tertiary/aromatic N) is 3. The second-order valence-electron chi connectivity index (χ2n) is 8.88. The number of nitrogens with one attached hydrogen (secondary N) is 1. The lowest BCUT2D eigenvalue weighted by atomic mass is 9.81. The summed E-state index contributed by atoms with van der Waals surface area (Å²) in [7, 11) is -1.30. The van der Waals surface area contributed by atoms with Gasteiger partial charge in [0.2, 0.25) is 0 Å². The van der Waals surface area contributed by atoms with Crippen LogP contribution in [0.4, 0.5) is 19.0 Å². The molecule has 0 radical (unpaired) electrons. The second-order valence-corrected chi connectivity index (χ2v) is 11.0. The third-order valence-electron chi connectivity index (χ3n) is 6.71. The van der Waals surface area contributed by atoms with Gasteiger partial charge >= 0.3 is 6.18 Å². The lowest BCUT2D eigenvalue weighted by Gasteiger charge is -2.42. The van der Waals surface area contributed by atoms with Crippen molar-refractivity contribution < 1.29 is 21.6 Å². The third kappa shape index (κ3) is 4.58. The van der Waals surface area contributed by atoms with Crippen molar-refractivity contribution in [3.63, 3.8) is 0 Å². The van der Waals surface area contributed by atoms with E-state index in [9.17, 15) is 21.6 Å². The van der Waals surface area contributed by atoms with Crippen LogP contribution in [0.3, 0.4) is 0 Å². The van der Waals surface area contributed by atoms with Gasteiger partial charge in [-0.3, -0.25) is 0 Å². The smallest absolute Gasteiger partial charge is 0.356 e. The molecule has 2 aliphatic carbocycles. The minimum Gasteiger partial charge on any atom is -0.356 e. The van der Waals surface area contributed by atoms with Gasteiger partial charge < -0.3 is 9.88 Å². The van der Waals surface area contributed by atoms with Gasteiger partial charge in [0.05, 0.1) is 22.8 Å². The number of alkyl halides is 3. The summed E-state index contributed by atoms with van der Waals surface area (Å²) in [5.41, 5.74) is 0.769. The van der Waals surface area contributed by atoms with Crippen LogP contribution >= 0.6 is 0 Å². The molecule has 2 saturated carbocycles. The molecule has 0 unspecified atom stereocenters. The Morgan fingerprint density at radius 2 is 1.77 bits per heavy atom. The van der Waals surface area contributed by atoms with Crippen LogP contribution < -0.4 is 4.90 Å². The van der Waals surface area contributed by atoms with E-state index in [1.807, 2.05) is 19.3 Å². The fraction of sp³-hybridized carbons (Fsp3) is 0.700. The highest BCUT2D eigenvalue weighted by molar-refractivity contribution is 7.91. The van der Waals surface area contributed by atoms with E-state index in [0.717, 1.165) is 29.7 Å². The van der Waals surface area contributed by atoms with E-state index in [1.165, 1.54) is 6.33 Å². The van der Waals surface area contributed by atoms with Crippen LogP contribution in [0, 0.1) is 17.8 Å². The van der Waals surface area contributed by atoms with Gasteiger partial charge in [-0.2, -0.15) is 13.2 Å². The SMILES string of the molecule is CN(c1ncnc2[nH]ccc12)[C@H]1C[C@@H](CS(=O)(=O)C[C@H]2CC[C@@H](C(F)(F)F)CC2)C1. The van der Waals surface area contributed by atoms with Gasteiger partial charge in [-0.05, 0) is 56.4 Å². The zero-order chi connectivity index (χ0) is 21.5. The van der Waals surface area contributed by atoms with Crippen LogP contribution in [-0.2, 0) is 9.84 Å². The van der Waals surface area contributed by atoms with Crippen molar-refractivity contribution in [1.82, 2.24) is 15.0 Å². The lowest BCUT2D eigenvalue weighted by molar-refractivity contribution is -0.183. The molecule has 0 saturated heterocycles. The molecule has 0 atom stereocenters. The first kappa shape index (κ1) is 21.4. The summed E-state index contributed by atoms with van der Waals surface area (Å²) >= 11 is 0. The maximum Gasteiger partial charge on any atom is 0.391 e. The molecule has 0 spiro atoms. The molecule has 10 heteroatoms. The average Bonchev–Trinajstić information content (AvgIpc) is 3.12. The van der Waals surface area contributed by atoms with E-state index >= 15 is 0 Å². The summed E-state index contributed by atoms with van der Waals surface area (Å²) in [4.78, 5) is 13.7. The molecule has 30 heavy (non-hydrogen) atoms. The first-order valence-corrected chi connectivity index (χ1v) is 12.2. The Morgan fingerprint density at radius 3 is 2.43 bits per heavy atom. The van der Waals surface area contributed by atoms with Crippen molar-refractivity contribution in [1.29, 1.82) is 0 Å². The molecule has 2 aromatic heterocycles. The molecule has 0 amide bonds. The second kappa shape index (κ2) is 8.01. The number of aromatic amines is 1. The number of aromatic nitrogens is 3. The van der Waals surface area contributed by atoms with Crippen molar-refractivity contribution in [3.8, 4) is 0 Å². The van der Waals surface area contributed by atoms with Crippen LogP contribution in [0.5, 0.6) is 0 Å². The monoisotopic (exact) mass is 444 g/mol. The van der Waals surface area contributed by atoms with Gasteiger partial charge in [0.15, 0.2) is 9.84 Å². The van der Waals surface area contributed by atoms with Crippen LogP contribution in [0.1, 0.15) is 38.5 Å². The molecular formula is C20H27F3N4O2S. The van der Waals surface area contributed by atoms with Gasteiger partial charge in [0.25, 0.3) is 0 Å². The topological polar surface area (TPSA) is 79.0 Å². The van der Waals surface area contributed by atoms with Gasteiger partial charge in [0.1, 0.15) is 17.8 Å². The number of sulfone groups is 1. The molecule has 1 N–H and O–H groups in total. The van der Waals surface area contributed by atoms with E-state index in [1.54, 1.807) is 0 Å². The number of H-pyrrole nitrogens is 1. The normalized spacial score (nSPS) is 27.7. The Labute approximate surface area is 174 Å². The van der Waals surface area contributed by atoms with Crippen molar-refractivity contribution in [3.05, 3.63) is 18.6 Å². The van der Waals surface area contributed by atoms with Gasteiger partial charge in [-0.1, -0.05) is 0 Å². The van der Waals surface area contributed by atoms with E-state index in [2.05, 4.69) is 19.9 Å². The molecule has 2 aliphatic rings. The number of anilines is 1. The van der Waals surface area contributed by atoms with Crippen molar-refractivity contribution >= 4 is 26.7 Å². The quantitative estimate of drug-likeness (QED) is 0.730. The van der Waals surface area contributed by atoms with Crippen LogP contribution in [0.15, 0.2) is 18.6 Å². The molecule has 6 nitrogen and oxygen atoms in total. The summed E-state index contributed by atoms with van der Waals surface area (Å²) in [6, 6.07) is 2.15. The largest absolute Gasteiger partial charge is 0.391 e. The summed E-state index contributed by atoms with van der Waals surface area (Å²) in [5.74, 6) is -0.348. The maximum absolute atomic E-state index is 12.8. The number of hydrogen-bond donors (Lipinski definition) is 1. The molecule has 166 valence electrons. The standard InChI is InChI=1S/C20H27F3N4O2S/c1-27(19-17-6-7-24-18(17)25-12-26-19)16-8-14(9-16)11-30(28,29)10-13-2-4-15(5-3-13)20(21,22)23/h6-7,12-16H,2-5,8-11H2,1H3,(H,24,25,26)/t13-,14-,15+,16+. The molecule has 0 bridgehead atoms. The van der Waals surface area contributed by atoms with Gasteiger partial charge in [-0.25, -0.2) is 18.4 Å². The predicted molar refractivity (Wildman–Crippen MR) is 109 cm³/mol. The Kier molecular flexibility index (Phi) is 5.71. The van der Waals surface area contributed by atoms with Crippen LogP contribution in [-0.4, -0.2) is 54.1 Å². The van der Waals surface area contributed by atoms with Crippen molar-refractivity contribution in [2.45, 2.75) is 50.7 Å². The fourth-order valence-electron chi connectivity index (χ4n) is 4.91.